The maximum Gasteiger partial charge on any atom is 0.159 e. The summed E-state index contributed by atoms with van der Waals surface area (Å²) in [4.78, 5) is 11.9. The molecule has 0 radical (unpaired) electrons. The maximum atomic E-state index is 13.2. The standard InChI is InChI=1S/C13H11F2NO/c14-10-3-2-9(8-11(10)15)13(5-1-6-13)12(17)4-7-16/h2-3,8H,1,4-6H2. The van der Waals surface area contributed by atoms with Gasteiger partial charge in [0.1, 0.15) is 0 Å². The number of rotatable bonds is 3. The molecule has 0 heterocycles. The van der Waals surface area contributed by atoms with Crippen LogP contribution in [0.2, 0.25) is 0 Å². The summed E-state index contributed by atoms with van der Waals surface area (Å²) in [6.45, 7) is 0. The van der Waals surface area contributed by atoms with E-state index in [-0.39, 0.29) is 12.2 Å². The van der Waals surface area contributed by atoms with Crippen molar-refractivity contribution in [3.63, 3.8) is 0 Å². The highest BCUT2D eigenvalue weighted by Gasteiger charge is 2.45. The van der Waals surface area contributed by atoms with Crippen molar-refractivity contribution < 1.29 is 13.6 Å². The molecule has 1 aromatic carbocycles. The van der Waals surface area contributed by atoms with E-state index >= 15 is 0 Å². The molecular weight excluding hydrogens is 224 g/mol. The molecule has 0 bridgehead atoms. The predicted molar refractivity (Wildman–Crippen MR) is 57.1 cm³/mol. The SMILES string of the molecule is N#CCC(=O)C1(c2ccc(F)c(F)c2)CCC1. The molecule has 0 N–H and O–H groups in total. The molecule has 1 aromatic rings. The van der Waals surface area contributed by atoms with E-state index < -0.39 is 17.0 Å². The number of halogens is 2. The first-order chi connectivity index (χ1) is 8.10. The quantitative estimate of drug-likeness (QED) is 0.808. The van der Waals surface area contributed by atoms with E-state index in [9.17, 15) is 13.6 Å². The molecule has 1 fully saturated rings. The normalized spacial score (nSPS) is 17.0. The van der Waals surface area contributed by atoms with Gasteiger partial charge in [0.05, 0.1) is 17.9 Å². The lowest BCUT2D eigenvalue weighted by Gasteiger charge is -2.40. The summed E-state index contributed by atoms with van der Waals surface area (Å²) in [5.41, 5.74) is -0.271. The van der Waals surface area contributed by atoms with Crippen LogP contribution < -0.4 is 0 Å². The fourth-order valence-corrected chi connectivity index (χ4v) is 2.29. The first-order valence-corrected chi connectivity index (χ1v) is 5.46. The minimum atomic E-state index is -0.946. The predicted octanol–water partition coefficient (Wildman–Crippen LogP) is 2.87. The Hall–Kier alpha value is -1.76. The number of carbonyl (C=O) groups excluding carboxylic acids is 1. The second-order valence-electron chi connectivity index (χ2n) is 4.32. The van der Waals surface area contributed by atoms with Crippen molar-refractivity contribution in [2.45, 2.75) is 31.1 Å². The second-order valence-corrected chi connectivity index (χ2v) is 4.32. The fraction of sp³-hybridized carbons (Fsp3) is 0.385. The maximum absolute atomic E-state index is 13.2. The summed E-state index contributed by atoms with van der Waals surface area (Å²) < 4.78 is 26.0. The van der Waals surface area contributed by atoms with Gasteiger partial charge in [-0.1, -0.05) is 12.5 Å². The molecule has 0 saturated heterocycles. The molecule has 2 rings (SSSR count). The fourth-order valence-electron chi connectivity index (χ4n) is 2.29. The average Bonchev–Trinajstić information content (AvgIpc) is 2.22. The third-order valence-corrected chi connectivity index (χ3v) is 3.45. The van der Waals surface area contributed by atoms with Gasteiger partial charge < -0.3 is 0 Å². The Morgan fingerprint density at radius 2 is 2.06 bits per heavy atom. The molecule has 1 aliphatic carbocycles. The van der Waals surface area contributed by atoms with Crippen molar-refractivity contribution in [3.05, 3.63) is 35.4 Å². The third kappa shape index (κ3) is 1.82. The summed E-state index contributed by atoms with van der Waals surface area (Å²) in [5, 5.41) is 8.56. The van der Waals surface area contributed by atoms with Crippen LogP contribution in [0.4, 0.5) is 8.78 Å². The van der Waals surface area contributed by atoms with Crippen molar-refractivity contribution in [1.82, 2.24) is 0 Å². The smallest absolute Gasteiger partial charge is 0.159 e. The average molecular weight is 235 g/mol. The number of hydrogen-bond acceptors (Lipinski definition) is 2. The molecular formula is C13H11F2NO. The molecule has 88 valence electrons. The Labute approximate surface area is 97.9 Å². The van der Waals surface area contributed by atoms with E-state index in [1.807, 2.05) is 6.07 Å². The number of ketones is 1. The van der Waals surface area contributed by atoms with E-state index in [4.69, 9.17) is 5.26 Å². The number of nitrogens with zero attached hydrogens (tertiary/aromatic N) is 1. The monoisotopic (exact) mass is 235 g/mol. The summed E-state index contributed by atoms with van der Waals surface area (Å²) in [5.74, 6) is -2.06. The van der Waals surface area contributed by atoms with E-state index in [0.29, 0.717) is 18.4 Å². The van der Waals surface area contributed by atoms with Gasteiger partial charge in [-0.2, -0.15) is 5.26 Å². The summed E-state index contributed by atoms with van der Waals surface area (Å²) in [7, 11) is 0. The number of benzene rings is 1. The van der Waals surface area contributed by atoms with Crippen molar-refractivity contribution in [2.75, 3.05) is 0 Å². The molecule has 0 amide bonds. The molecule has 0 aromatic heterocycles. The Morgan fingerprint density at radius 1 is 1.35 bits per heavy atom. The third-order valence-electron chi connectivity index (χ3n) is 3.45. The van der Waals surface area contributed by atoms with Crippen molar-refractivity contribution in [1.29, 1.82) is 5.26 Å². The second kappa shape index (κ2) is 4.25. The zero-order valence-corrected chi connectivity index (χ0v) is 9.17. The van der Waals surface area contributed by atoms with Gasteiger partial charge in [0, 0.05) is 0 Å². The minimum Gasteiger partial charge on any atom is -0.298 e. The van der Waals surface area contributed by atoms with E-state index in [2.05, 4.69) is 0 Å². The molecule has 0 aliphatic heterocycles. The van der Waals surface area contributed by atoms with Gasteiger partial charge in [0.2, 0.25) is 0 Å². The Kier molecular flexibility index (Phi) is 2.93. The van der Waals surface area contributed by atoms with Crippen molar-refractivity contribution >= 4 is 5.78 Å². The number of carbonyl (C=O) groups is 1. The molecule has 0 atom stereocenters. The van der Waals surface area contributed by atoms with Crippen LogP contribution in [-0.2, 0) is 10.2 Å². The first-order valence-electron chi connectivity index (χ1n) is 5.46. The molecule has 17 heavy (non-hydrogen) atoms. The van der Waals surface area contributed by atoms with E-state index in [0.717, 1.165) is 18.6 Å². The lowest BCUT2D eigenvalue weighted by molar-refractivity contribution is -0.126. The first kappa shape index (κ1) is 11.7. The van der Waals surface area contributed by atoms with Crippen LogP contribution in [0.15, 0.2) is 18.2 Å². The Bertz CT molecular complexity index is 501. The highest BCUT2D eigenvalue weighted by Crippen LogP contribution is 2.45. The van der Waals surface area contributed by atoms with E-state index in [1.165, 1.54) is 6.07 Å². The van der Waals surface area contributed by atoms with Crippen LogP contribution in [0.1, 0.15) is 31.2 Å². The van der Waals surface area contributed by atoms with Gasteiger partial charge in [-0.15, -0.1) is 0 Å². The van der Waals surface area contributed by atoms with Gasteiger partial charge in [-0.25, -0.2) is 8.78 Å². The minimum absolute atomic E-state index is 0.182. The van der Waals surface area contributed by atoms with Gasteiger partial charge >= 0.3 is 0 Å². The molecule has 0 unspecified atom stereocenters. The molecule has 1 aliphatic rings. The lowest BCUT2D eigenvalue weighted by Crippen LogP contribution is -2.42. The van der Waals surface area contributed by atoms with E-state index in [1.54, 1.807) is 0 Å². The highest BCUT2D eigenvalue weighted by molar-refractivity contribution is 5.92. The topological polar surface area (TPSA) is 40.9 Å². The summed E-state index contributed by atoms with van der Waals surface area (Å²) in [6.07, 6.45) is 1.91. The van der Waals surface area contributed by atoms with Gasteiger partial charge in [0.15, 0.2) is 17.4 Å². The zero-order chi connectivity index (χ0) is 12.5. The number of Topliss-reactive ketones (excluding diaryl/α,β-unsaturated/α-hetero) is 1. The van der Waals surface area contributed by atoms with Crippen LogP contribution in [0, 0.1) is 23.0 Å². The molecule has 0 spiro atoms. The number of hydrogen-bond donors (Lipinski definition) is 0. The molecule has 1 saturated carbocycles. The van der Waals surface area contributed by atoms with Crippen LogP contribution >= 0.6 is 0 Å². The van der Waals surface area contributed by atoms with Gasteiger partial charge in [0.25, 0.3) is 0 Å². The lowest BCUT2D eigenvalue weighted by atomic mass is 9.61. The van der Waals surface area contributed by atoms with Crippen molar-refractivity contribution in [2.24, 2.45) is 0 Å². The number of nitriles is 1. The summed E-state index contributed by atoms with van der Waals surface area (Å²) in [6, 6.07) is 5.36. The largest absolute Gasteiger partial charge is 0.298 e. The molecule has 2 nitrogen and oxygen atoms in total. The van der Waals surface area contributed by atoms with Crippen LogP contribution in [-0.4, -0.2) is 5.78 Å². The van der Waals surface area contributed by atoms with Gasteiger partial charge in [-0.3, -0.25) is 4.79 Å². The van der Waals surface area contributed by atoms with Crippen LogP contribution in [0.5, 0.6) is 0 Å². The zero-order valence-electron chi connectivity index (χ0n) is 9.17. The Morgan fingerprint density at radius 3 is 2.53 bits per heavy atom. The Balaban J connectivity index is 2.38. The van der Waals surface area contributed by atoms with Crippen LogP contribution in [0.3, 0.4) is 0 Å². The highest BCUT2D eigenvalue weighted by atomic mass is 19.2. The molecule has 4 heteroatoms. The van der Waals surface area contributed by atoms with Gasteiger partial charge in [-0.05, 0) is 30.5 Å². The van der Waals surface area contributed by atoms with Crippen molar-refractivity contribution in [3.8, 4) is 6.07 Å². The summed E-state index contributed by atoms with van der Waals surface area (Å²) >= 11 is 0. The van der Waals surface area contributed by atoms with Crippen LogP contribution in [0.25, 0.3) is 0 Å².